The molecule has 2 aromatic carbocycles. The summed E-state index contributed by atoms with van der Waals surface area (Å²) in [5.74, 6) is -1.59. The highest BCUT2D eigenvalue weighted by Gasteiger charge is 2.19. The summed E-state index contributed by atoms with van der Waals surface area (Å²) in [6.45, 7) is 7.37. The first-order valence-electron chi connectivity index (χ1n) is 9.12. The summed E-state index contributed by atoms with van der Waals surface area (Å²) < 4.78 is 5.25. The Bertz CT molecular complexity index is 828. The molecule has 148 valence electrons. The van der Waals surface area contributed by atoms with E-state index in [4.69, 9.17) is 10.5 Å². The number of rotatable bonds is 8. The van der Waals surface area contributed by atoms with Crippen molar-refractivity contribution < 1.29 is 19.1 Å². The van der Waals surface area contributed by atoms with E-state index in [2.05, 4.69) is 24.1 Å². The molecule has 0 aliphatic rings. The normalized spacial score (nSPS) is 11.4. The van der Waals surface area contributed by atoms with E-state index in [9.17, 15) is 14.4 Å². The SMILES string of the molecule is CCN(CC)c1ccc(C(=O)O[C@@H](C)C(=O)Nc2ccc(C(N)=O)cc2)cc1. The van der Waals surface area contributed by atoms with Crippen molar-refractivity contribution in [3.8, 4) is 0 Å². The first kappa shape index (κ1) is 21.0. The van der Waals surface area contributed by atoms with Gasteiger partial charge in [0.2, 0.25) is 5.91 Å². The van der Waals surface area contributed by atoms with Gasteiger partial charge in [0, 0.05) is 30.0 Å². The van der Waals surface area contributed by atoms with E-state index in [1.54, 1.807) is 24.3 Å². The predicted octanol–water partition coefficient (Wildman–Crippen LogP) is 2.82. The summed E-state index contributed by atoms with van der Waals surface area (Å²) in [5.41, 5.74) is 7.39. The Kier molecular flexibility index (Phi) is 7.14. The third-order valence-electron chi connectivity index (χ3n) is 4.32. The molecule has 0 heterocycles. The van der Waals surface area contributed by atoms with Gasteiger partial charge in [-0.3, -0.25) is 9.59 Å². The van der Waals surface area contributed by atoms with Gasteiger partial charge in [0.1, 0.15) is 0 Å². The van der Waals surface area contributed by atoms with E-state index < -0.39 is 23.9 Å². The van der Waals surface area contributed by atoms with Gasteiger partial charge in [0.15, 0.2) is 6.10 Å². The molecule has 0 radical (unpaired) electrons. The highest BCUT2D eigenvalue weighted by Crippen LogP contribution is 2.16. The molecule has 3 N–H and O–H groups in total. The molecule has 0 bridgehead atoms. The number of hydrogen-bond acceptors (Lipinski definition) is 5. The number of benzene rings is 2. The van der Waals surface area contributed by atoms with Crippen LogP contribution in [0.1, 0.15) is 41.5 Å². The van der Waals surface area contributed by atoms with E-state index in [-0.39, 0.29) is 0 Å². The average Bonchev–Trinajstić information content (AvgIpc) is 2.69. The van der Waals surface area contributed by atoms with E-state index in [0.717, 1.165) is 18.8 Å². The molecule has 0 aromatic heterocycles. The molecule has 0 spiro atoms. The van der Waals surface area contributed by atoms with E-state index in [0.29, 0.717) is 16.8 Å². The number of carbonyl (C=O) groups excluding carboxylic acids is 3. The Morgan fingerprint density at radius 1 is 0.964 bits per heavy atom. The van der Waals surface area contributed by atoms with Gasteiger partial charge in [-0.1, -0.05) is 0 Å². The van der Waals surface area contributed by atoms with Crippen molar-refractivity contribution in [3.05, 3.63) is 59.7 Å². The van der Waals surface area contributed by atoms with Crippen molar-refractivity contribution in [2.75, 3.05) is 23.3 Å². The number of primary amides is 1. The van der Waals surface area contributed by atoms with Gasteiger partial charge >= 0.3 is 5.97 Å². The summed E-state index contributed by atoms with van der Waals surface area (Å²) >= 11 is 0. The maximum atomic E-state index is 12.3. The van der Waals surface area contributed by atoms with Gasteiger partial charge in [0.05, 0.1) is 5.56 Å². The number of hydrogen-bond donors (Lipinski definition) is 2. The number of amides is 2. The topological polar surface area (TPSA) is 102 Å². The highest BCUT2D eigenvalue weighted by molar-refractivity contribution is 5.98. The Balaban J connectivity index is 1.95. The first-order chi connectivity index (χ1) is 13.3. The molecule has 2 amide bonds. The molecular weight excluding hydrogens is 358 g/mol. The fraction of sp³-hybridized carbons (Fsp3) is 0.286. The number of nitrogens with one attached hydrogen (secondary N) is 1. The molecule has 0 fully saturated rings. The molecule has 1 atom stereocenters. The van der Waals surface area contributed by atoms with E-state index >= 15 is 0 Å². The van der Waals surface area contributed by atoms with Crippen LogP contribution < -0.4 is 16.0 Å². The maximum Gasteiger partial charge on any atom is 0.338 e. The van der Waals surface area contributed by atoms with Crippen molar-refractivity contribution in [1.82, 2.24) is 0 Å². The van der Waals surface area contributed by atoms with Crippen molar-refractivity contribution in [2.45, 2.75) is 26.9 Å². The van der Waals surface area contributed by atoms with Crippen LogP contribution in [-0.2, 0) is 9.53 Å². The van der Waals surface area contributed by atoms with Gasteiger partial charge in [-0.15, -0.1) is 0 Å². The lowest BCUT2D eigenvalue weighted by atomic mass is 10.2. The summed E-state index contributed by atoms with van der Waals surface area (Å²) in [6, 6.07) is 13.2. The number of ether oxygens (including phenoxy) is 1. The Labute approximate surface area is 164 Å². The minimum Gasteiger partial charge on any atom is -0.449 e. The Hall–Kier alpha value is -3.35. The lowest BCUT2D eigenvalue weighted by Gasteiger charge is -2.21. The van der Waals surface area contributed by atoms with Gasteiger partial charge in [0.25, 0.3) is 5.91 Å². The first-order valence-corrected chi connectivity index (χ1v) is 9.12. The fourth-order valence-corrected chi connectivity index (χ4v) is 2.64. The molecule has 0 aliphatic heterocycles. The average molecular weight is 383 g/mol. The fourth-order valence-electron chi connectivity index (χ4n) is 2.64. The molecule has 7 nitrogen and oxygen atoms in total. The Morgan fingerprint density at radius 3 is 2.00 bits per heavy atom. The largest absolute Gasteiger partial charge is 0.449 e. The molecule has 0 aliphatic carbocycles. The van der Waals surface area contributed by atoms with Crippen molar-refractivity contribution in [1.29, 1.82) is 0 Å². The molecule has 2 aromatic rings. The number of esters is 1. The van der Waals surface area contributed by atoms with Crippen LogP contribution in [0.3, 0.4) is 0 Å². The van der Waals surface area contributed by atoms with Gasteiger partial charge < -0.3 is 20.7 Å². The molecular formula is C21H25N3O4. The van der Waals surface area contributed by atoms with Crippen molar-refractivity contribution in [3.63, 3.8) is 0 Å². The minimum absolute atomic E-state index is 0.339. The van der Waals surface area contributed by atoms with E-state index in [1.165, 1.54) is 19.1 Å². The lowest BCUT2D eigenvalue weighted by Crippen LogP contribution is -2.30. The zero-order valence-corrected chi connectivity index (χ0v) is 16.3. The molecule has 0 saturated carbocycles. The lowest BCUT2D eigenvalue weighted by molar-refractivity contribution is -0.123. The minimum atomic E-state index is -0.981. The number of anilines is 2. The summed E-state index contributed by atoms with van der Waals surface area (Å²) in [5, 5.41) is 2.63. The van der Waals surface area contributed by atoms with Crippen molar-refractivity contribution >= 4 is 29.2 Å². The smallest absolute Gasteiger partial charge is 0.338 e. The van der Waals surface area contributed by atoms with Crippen LogP contribution in [-0.4, -0.2) is 37.0 Å². The van der Waals surface area contributed by atoms with Crippen molar-refractivity contribution in [2.24, 2.45) is 5.73 Å². The number of nitrogens with zero attached hydrogens (tertiary/aromatic N) is 1. The Morgan fingerprint density at radius 2 is 1.50 bits per heavy atom. The van der Waals surface area contributed by atoms with Crippen LogP contribution in [0.15, 0.2) is 48.5 Å². The quantitative estimate of drug-likeness (QED) is 0.683. The third-order valence-corrected chi connectivity index (χ3v) is 4.32. The predicted molar refractivity (Wildman–Crippen MR) is 108 cm³/mol. The molecule has 0 unspecified atom stereocenters. The number of nitrogens with two attached hydrogens (primary N) is 1. The van der Waals surface area contributed by atoms with Crippen LogP contribution in [0.2, 0.25) is 0 Å². The van der Waals surface area contributed by atoms with Gasteiger partial charge in [-0.05, 0) is 69.3 Å². The van der Waals surface area contributed by atoms with Crippen LogP contribution >= 0.6 is 0 Å². The summed E-state index contributed by atoms with van der Waals surface area (Å²) in [6.07, 6.45) is -0.981. The zero-order chi connectivity index (χ0) is 20.7. The standard InChI is InChI=1S/C21H25N3O4/c1-4-24(5-2)18-12-8-16(9-13-18)21(27)28-14(3)20(26)23-17-10-6-15(7-11-17)19(22)25/h6-14H,4-5H2,1-3H3,(H2,22,25)(H,23,26)/t14-/m0/s1. The second-order valence-electron chi connectivity index (χ2n) is 6.20. The highest BCUT2D eigenvalue weighted by atomic mass is 16.5. The van der Waals surface area contributed by atoms with Crippen LogP contribution in [0.25, 0.3) is 0 Å². The summed E-state index contributed by atoms with van der Waals surface area (Å²) in [4.78, 5) is 37.7. The van der Waals surface area contributed by atoms with Crippen LogP contribution in [0.5, 0.6) is 0 Å². The molecule has 2 rings (SSSR count). The second-order valence-corrected chi connectivity index (χ2v) is 6.20. The third kappa shape index (κ3) is 5.33. The van der Waals surface area contributed by atoms with Gasteiger partial charge in [-0.2, -0.15) is 0 Å². The zero-order valence-electron chi connectivity index (χ0n) is 16.3. The molecule has 0 saturated heterocycles. The summed E-state index contributed by atoms with van der Waals surface area (Å²) in [7, 11) is 0. The van der Waals surface area contributed by atoms with Crippen LogP contribution in [0.4, 0.5) is 11.4 Å². The second kappa shape index (κ2) is 9.55. The molecule has 7 heteroatoms. The number of carbonyl (C=O) groups is 3. The monoisotopic (exact) mass is 383 g/mol. The van der Waals surface area contributed by atoms with E-state index in [1.807, 2.05) is 12.1 Å². The van der Waals surface area contributed by atoms with Gasteiger partial charge in [-0.25, -0.2) is 4.79 Å². The molecule has 28 heavy (non-hydrogen) atoms. The van der Waals surface area contributed by atoms with Crippen LogP contribution in [0, 0.1) is 0 Å². The maximum absolute atomic E-state index is 12.3.